The summed E-state index contributed by atoms with van der Waals surface area (Å²) in [6.45, 7) is 1.64. The number of hydrogen-bond acceptors (Lipinski definition) is 3. The predicted molar refractivity (Wildman–Crippen MR) is 151 cm³/mol. The van der Waals surface area contributed by atoms with Crippen LogP contribution in [0.5, 0.6) is 0 Å². The van der Waals surface area contributed by atoms with Crippen LogP contribution < -0.4 is 10.6 Å². The molecule has 5 rings (SSSR count). The zero-order valence-electron chi connectivity index (χ0n) is 20.6. The summed E-state index contributed by atoms with van der Waals surface area (Å²) in [4.78, 5) is 20.3. The van der Waals surface area contributed by atoms with E-state index in [1.165, 1.54) is 35.2 Å². The average molecular weight is 501 g/mol. The highest BCUT2D eigenvalue weighted by atomic mass is 35.5. The van der Waals surface area contributed by atoms with E-state index >= 15 is 0 Å². The molecule has 0 spiro atoms. The van der Waals surface area contributed by atoms with Gasteiger partial charge in [0.1, 0.15) is 0 Å². The number of H-pyrrole nitrogens is 1. The Morgan fingerprint density at radius 1 is 1.00 bits per heavy atom. The van der Waals surface area contributed by atoms with Gasteiger partial charge in [-0.05, 0) is 80.0 Å². The molecule has 0 saturated heterocycles. The number of nitrogens with zero attached hydrogens (tertiary/aromatic N) is 1. The van der Waals surface area contributed by atoms with Gasteiger partial charge < -0.3 is 15.6 Å². The van der Waals surface area contributed by atoms with Gasteiger partial charge in [-0.2, -0.15) is 0 Å². The fourth-order valence-electron chi connectivity index (χ4n) is 5.09. The van der Waals surface area contributed by atoms with Crippen molar-refractivity contribution in [3.63, 3.8) is 0 Å². The summed E-state index contributed by atoms with van der Waals surface area (Å²) < 4.78 is 0. The molecule has 186 valence electrons. The zero-order valence-corrected chi connectivity index (χ0v) is 21.3. The zero-order chi connectivity index (χ0) is 24.7. The molecule has 0 unspecified atom stereocenters. The SMILES string of the molecule is O=C(C=Cc1c[nH]c2ccccc12)NCCCCCCNc1c2c(nc3cc(Cl)ccc13)CCCC2. The van der Waals surface area contributed by atoms with Crippen molar-refractivity contribution in [3.8, 4) is 0 Å². The number of anilines is 1. The maximum atomic E-state index is 12.2. The van der Waals surface area contributed by atoms with Gasteiger partial charge in [0.25, 0.3) is 0 Å². The first-order valence-corrected chi connectivity index (χ1v) is 13.4. The molecule has 4 aromatic rings. The Morgan fingerprint density at radius 2 is 1.83 bits per heavy atom. The number of para-hydroxylation sites is 1. The number of aryl methyl sites for hydroxylation is 1. The Bertz CT molecular complexity index is 1390. The molecule has 2 heterocycles. The summed E-state index contributed by atoms with van der Waals surface area (Å²) in [6, 6.07) is 14.1. The van der Waals surface area contributed by atoms with Crippen molar-refractivity contribution >= 4 is 51.1 Å². The van der Waals surface area contributed by atoms with E-state index in [4.69, 9.17) is 16.6 Å². The van der Waals surface area contributed by atoms with Crippen LogP contribution in [0.1, 0.15) is 55.3 Å². The predicted octanol–water partition coefficient (Wildman–Crippen LogP) is 7.05. The summed E-state index contributed by atoms with van der Waals surface area (Å²) in [7, 11) is 0. The van der Waals surface area contributed by atoms with Crippen LogP contribution in [0.2, 0.25) is 5.02 Å². The number of carbonyl (C=O) groups is 1. The van der Waals surface area contributed by atoms with E-state index in [1.54, 1.807) is 6.08 Å². The van der Waals surface area contributed by atoms with Crippen molar-refractivity contribution in [1.29, 1.82) is 0 Å². The number of pyridine rings is 1. The highest BCUT2D eigenvalue weighted by Crippen LogP contribution is 2.34. The molecule has 2 aromatic carbocycles. The minimum absolute atomic E-state index is 0.0450. The number of carbonyl (C=O) groups excluding carboxylic acids is 1. The number of nitrogens with one attached hydrogen (secondary N) is 3. The number of aromatic amines is 1. The van der Waals surface area contributed by atoms with E-state index < -0.39 is 0 Å². The summed E-state index contributed by atoms with van der Waals surface area (Å²) in [5.74, 6) is -0.0450. The molecule has 0 bridgehead atoms. The molecule has 0 saturated carbocycles. The van der Waals surface area contributed by atoms with Crippen LogP contribution in [0.15, 0.2) is 54.7 Å². The van der Waals surface area contributed by atoms with Crippen LogP contribution >= 0.6 is 11.6 Å². The molecule has 36 heavy (non-hydrogen) atoms. The maximum Gasteiger partial charge on any atom is 0.244 e. The molecule has 6 heteroatoms. The van der Waals surface area contributed by atoms with E-state index in [1.807, 2.05) is 42.6 Å². The number of hydrogen-bond donors (Lipinski definition) is 3. The molecule has 0 aliphatic heterocycles. The van der Waals surface area contributed by atoms with Gasteiger partial charge in [-0.3, -0.25) is 9.78 Å². The Morgan fingerprint density at radius 3 is 2.75 bits per heavy atom. The van der Waals surface area contributed by atoms with Crippen LogP contribution in [-0.2, 0) is 17.6 Å². The second kappa shape index (κ2) is 11.6. The molecule has 1 aliphatic carbocycles. The first-order valence-electron chi connectivity index (χ1n) is 13.1. The van der Waals surface area contributed by atoms with Crippen LogP contribution in [-0.4, -0.2) is 29.0 Å². The van der Waals surface area contributed by atoms with E-state index in [-0.39, 0.29) is 5.91 Å². The molecule has 3 N–H and O–H groups in total. The largest absolute Gasteiger partial charge is 0.384 e. The van der Waals surface area contributed by atoms with Gasteiger partial charge >= 0.3 is 0 Å². The van der Waals surface area contributed by atoms with Gasteiger partial charge in [0.15, 0.2) is 0 Å². The Kier molecular flexibility index (Phi) is 7.87. The third kappa shape index (κ3) is 5.73. The number of amides is 1. The third-order valence-corrected chi connectivity index (χ3v) is 7.20. The van der Waals surface area contributed by atoms with Gasteiger partial charge in [0.2, 0.25) is 5.91 Å². The van der Waals surface area contributed by atoms with Gasteiger partial charge in [-0.15, -0.1) is 0 Å². The summed E-state index contributed by atoms with van der Waals surface area (Å²) in [5.41, 5.74) is 6.96. The molecule has 0 atom stereocenters. The number of benzene rings is 2. The fourth-order valence-corrected chi connectivity index (χ4v) is 5.25. The molecule has 5 nitrogen and oxygen atoms in total. The quantitative estimate of drug-likeness (QED) is 0.161. The third-order valence-electron chi connectivity index (χ3n) is 6.97. The average Bonchev–Trinajstić information content (AvgIpc) is 3.31. The fraction of sp³-hybridized carbons (Fsp3) is 0.333. The monoisotopic (exact) mass is 500 g/mol. The Hall–Kier alpha value is -3.31. The second-order valence-electron chi connectivity index (χ2n) is 9.54. The second-order valence-corrected chi connectivity index (χ2v) is 9.97. The summed E-state index contributed by atoms with van der Waals surface area (Å²) >= 11 is 6.23. The minimum atomic E-state index is -0.0450. The van der Waals surface area contributed by atoms with Crippen molar-refractivity contribution in [2.75, 3.05) is 18.4 Å². The van der Waals surface area contributed by atoms with Crippen LogP contribution in [0.25, 0.3) is 27.9 Å². The van der Waals surface area contributed by atoms with E-state index in [2.05, 4.69) is 27.8 Å². The molecule has 1 aliphatic rings. The highest BCUT2D eigenvalue weighted by molar-refractivity contribution is 6.31. The summed E-state index contributed by atoms with van der Waals surface area (Å²) in [6.07, 6.45) is 14.3. The van der Waals surface area contributed by atoms with Crippen molar-refractivity contribution in [2.45, 2.75) is 51.4 Å². The number of rotatable bonds is 10. The number of halogens is 1. The van der Waals surface area contributed by atoms with E-state index in [0.29, 0.717) is 6.54 Å². The van der Waals surface area contributed by atoms with Crippen molar-refractivity contribution in [1.82, 2.24) is 15.3 Å². The topological polar surface area (TPSA) is 69.8 Å². The Balaban J connectivity index is 1.04. The maximum absolute atomic E-state index is 12.2. The number of aromatic nitrogens is 2. The van der Waals surface area contributed by atoms with E-state index in [0.717, 1.165) is 72.1 Å². The molecular weight excluding hydrogens is 468 g/mol. The van der Waals surface area contributed by atoms with Crippen molar-refractivity contribution in [3.05, 3.63) is 76.6 Å². The van der Waals surface area contributed by atoms with Crippen molar-refractivity contribution < 1.29 is 4.79 Å². The van der Waals surface area contributed by atoms with Gasteiger partial charge in [-0.25, -0.2) is 0 Å². The van der Waals surface area contributed by atoms with Crippen LogP contribution in [0.3, 0.4) is 0 Å². The van der Waals surface area contributed by atoms with Gasteiger partial charge in [0, 0.05) is 58.1 Å². The number of fused-ring (bicyclic) bond motifs is 3. The lowest BCUT2D eigenvalue weighted by molar-refractivity contribution is -0.116. The van der Waals surface area contributed by atoms with E-state index in [9.17, 15) is 4.79 Å². The lowest BCUT2D eigenvalue weighted by Crippen LogP contribution is -2.22. The lowest BCUT2D eigenvalue weighted by Gasteiger charge is -2.22. The van der Waals surface area contributed by atoms with Crippen LogP contribution in [0.4, 0.5) is 5.69 Å². The van der Waals surface area contributed by atoms with Crippen LogP contribution in [0, 0.1) is 0 Å². The molecule has 0 radical (unpaired) electrons. The Labute approximate surface area is 217 Å². The van der Waals surface area contributed by atoms with Crippen molar-refractivity contribution in [2.24, 2.45) is 0 Å². The first kappa shape index (κ1) is 24.4. The molecule has 0 fully saturated rings. The van der Waals surface area contributed by atoms with Gasteiger partial charge in [0.05, 0.1) is 5.52 Å². The smallest absolute Gasteiger partial charge is 0.244 e. The minimum Gasteiger partial charge on any atom is -0.384 e. The normalized spacial score (nSPS) is 13.4. The lowest BCUT2D eigenvalue weighted by atomic mass is 9.92. The summed E-state index contributed by atoms with van der Waals surface area (Å²) in [5, 5.41) is 9.75. The number of unbranched alkanes of at least 4 members (excludes halogenated alkanes) is 3. The molecule has 1 amide bonds. The highest BCUT2D eigenvalue weighted by Gasteiger charge is 2.18. The van der Waals surface area contributed by atoms with Gasteiger partial charge in [-0.1, -0.05) is 42.6 Å². The first-order chi connectivity index (χ1) is 17.7. The molecule has 2 aromatic heterocycles. The molecular formula is C30H33ClN4O. The standard InChI is InChI=1S/C30H33ClN4O/c31-22-14-15-25-28(19-22)35-27-12-6-4-10-24(27)30(25)33-18-8-2-1-7-17-32-29(36)16-13-21-20-34-26-11-5-3-9-23(21)26/h3,5,9,11,13-16,19-20,34H,1-2,4,6-8,10,12,17-18H2,(H,32,36)(H,33,35).